The summed E-state index contributed by atoms with van der Waals surface area (Å²) in [4.78, 5) is 23.4. The Bertz CT molecular complexity index is 939. The Kier molecular flexibility index (Phi) is 5.35. The van der Waals surface area contributed by atoms with Crippen LogP contribution in [-0.2, 0) is 13.1 Å². The molecular formula is C21H25N5O. The lowest BCUT2D eigenvalue weighted by atomic mass is 10.1. The van der Waals surface area contributed by atoms with Crippen LogP contribution in [0, 0.1) is 20.8 Å². The molecule has 1 amide bonds. The number of benzene rings is 1. The number of rotatable bonds is 5. The molecule has 0 N–H and O–H groups in total. The number of carbonyl (C=O) groups is 1. The predicted molar refractivity (Wildman–Crippen MR) is 105 cm³/mol. The van der Waals surface area contributed by atoms with Crippen molar-refractivity contribution in [3.05, 3.63) is 64.7 Å². The van der Waals surface area contributed by atoms with Crippen LogP contribution in [0.4, 0.5) is 0 Å². The monoisotopic (exact) mass is 363 g/mol. The molecule has 0 radical (unpaired) electrons. The van der Waals surface area contributed by atoms with Gasteiger partial charge in [0, 0.05) is 53.9 Å². The molecule has 27 heavy (non-hydrogen) atoms. The normalized spacial score (nSPS) is 10.9. The lowest BCUT2D eigenvalue weighted by molar-refractivity contribution is 0.0785. The van der Waals surface area contributed by atoms with Crippen LogP contribution in [0.3, 0.4) is 0 Å². The molecule has 0 aliphatic rings. The van der Waals surface area contributed by atoms with Crippen LogP contribution in [0.2, 0.25) is 0 Å². The fourth-order valence-electron chi connectivity index (χ4n) is 3.12. The Balaban J connectivity index is 1.75. The minimum Gasteiger partial charge on any atom is -0.337 e. The van der Waals surface area contributed by atoms with Crippen molar-refractivity contribution in [2.75, 3.05) is 7.05 Å². The number of aryl methyl sites for hydroxylation is 3. The van der Waals surface area contributed by atoms with Gasteiger partial charge >= 0.3 is 0 Å². The average molecular weight is 363 g/mol. The van der Waals surface area contributed by atoms with Crippen molar-refractivity contribution >= 4 is 5.91 Å². The Morgan fingerprint density at radius 2 is 1.70 bits per heavy atom. The Labute approximate surface area is 159 Å². The van der Waals surface area contributed by atoms with Crippen LogP contribution < -0.4 is 0 Å². The van der Waals surface area contributed by atoms with Gasteiger partial charge in [-0.15, -0.1) is 0 Å². The highest BCUT2D eigenvalue weighted by molar-refractivity contribution is 5.94. The molecule has 3 rings (SSSR count). The van der Waals surface area contributed by atoms with Gasteiger partial charge in [0.05, 0.1) is 6.20 Å². The van der Waals surface area contributed by atoms with E-state index in [4.69, 9.17) is 0 Å². The van der Waals surface area contributed by atoms with Crippen molar-refractivity contribution in [2.24, 2.45) is 0 Å². The topological polar surface area (TPSA) is 63.9 Å². The summed E-state index contributed by atoms with van der Waals surface area (Å²) in [7, 11) is 1.81. The van der Waals surface area contributed by atoms with E-state index in [-0.39, 0.29) is 5.91 Å². The van der Waals surface area contributed by atoms with Crippen molar-refractivity contribution in [3.8, 4) is 11.4 Å². The Morgan fingerprint density at radius 1 is 1.07 bits per heavy atom. The van der Waals surface area contributed by atoms with Gasteiger partial charge in [-0.3, -0.25) is 9.48 Å². The highest BCUT2D eigenvalue weighted by atomic mass is 16.2. The van der Waals surface area contributed by atoms with Crippen LogP contribution >= 0.6 is 0 Å². The summed E-state index contributed by atoms with van der Waals surface area (Å²) < 4.78 is 1.94. The first kappa shape index (κ1) is 18.8. The minimum atomic E-state index is -0.0217. The van der Waals surface area contributed by atoms with Crippen molar-refractivity contribution in [1.29, 1.82) is 0 Å². The van der Waals surface area contributed by atoms with Crippen molar-refractivity contribution in [3.63, 3.8) is 0 Å². The zero-order valence-corrected chi connectivity index (χ0v) is 16.5. The van der Waals surface area contributed by atoms with Crippen LogP contribution in [0.25, 0.3) is 11.4 Å². The van der Waals surface area contributed by atoms with Gasteiger partial charge in [0.15, 0.2) is 5.82 Å². The van der Waals surface area contributed by atoms with E-state index in [1.807, 2.05) is 69.0 Å². The summed E-state index contributed by atoms with van der Waals surface area (Å²) in [6.07, 6.45) is 1.84. The third kappa shape index (κ3) is 4.05. The fourth-order valence-corrected chi connectivity index (χ4v) is 3.12. The maximum Gasteiger partial charge on any atom is 0.253 e. The van der Waals surface area contributed by atoms with Gasteiger partial charge in [-0.25, -0.2) is 9.97 Å². The lowest BCUT2D eigenvalue weighted by Crippen LogP contribution is -2.26. The van der Waals surface area contributed by atoms with Crippen LogP contribution in [0.5, 0.6) is 0 Å². The van der Waals surface area contributed by atoms with E-state index in [1.54, 1.807) is 4.90 Å². The first-order valence-electron chi connectivity index (χ1n) is 9.08. The maximum atomic E-state index is 12.8. The third-order valence-corrected chi connectivity index (χ3v) is 4.63. The van der Waals surface area contributed by atoms with Crippen molar-refractivity contribution in [2.45, 2.75) is 40.8 Å². The molecule has 0 bridgehead atoms. The number of amides is 1. The SMILES string of the molecule is CCn1ncc(CN(C)C(=O)c2ccc(-c3nc(C)cc(C)n3)cc2)c1C. The summed E-state index contributed by atoms with van der Waals surface area (Å²) in [5.41, 5.74) is 5.57. The molecule has 0 aliphatic heterocycles. The molecule has 0 atom stereocenters. The van der Waals surface area contributed by atoms with Gasteiger partial charge < -0.3 is 4.90 Å². The maximum absolute atomic E-state index is 12.8. The summed E-state index contributed by atoms with van der Waals surface area (Å²) in [5, 5.41) is 4.34. The van der Waals surface area contributed by atoms with Crippen LogP contribution in [0.1, 0.15) is 39.9 Å². The zero-order valence-electron chi connectivity index (χ0n) is 16.5. The first-order valence-corrected chi connectivity index (χ1v) is 9.08. The van der Waals surface area contributed by atoms with Crippen molar-refractivity contribution < 1.29 is 4.79 Å². The van der Waals surface area contributed by atoms with Crippen LogP contribution in [0.15, 0.2) is 36.5 Å². The van der Waals surface area contributed by atoms with Gasteiger partial charge in [-0.2, -0.15) is 5.10 Å². The highest BCUT2D eigenvalue weighted by Gasteiger charge is 2.15. The largest absolute Gasteiger partial charge is 0.337 e. The van der Waals surface area contributed by atoms with E-state index in [1.165, 1.54) is 0 Å². The second-order valence-corrected chi connectivity index (χ2v) is 6.78. The van der Waals surface area contributed by atoms with E-state index in [0.29, 0.717) is 17.9 Å². The van der Waals surface area contributed by atoms with Gasteiger partial charge in [-0.05, 0) is 45.9 Å². The van der Waals surface area contributed by atoms with Crippen molar-refractivity contribution in [1.82, 2.24) is 24.6 Å². The number of hydrogen-bond acceptors (Lipinski definition) is 4. The lowest BCUT2D eigenvalue weighted by Gasteiger charge is -2.17. The standard InChI is InChI=1S/C21H25N5O/c1-6-26-16(4)19(12-22-26)13-25(5)21(27)18-9-7-17(8-10-18)20-23-14(2)11-15(3)24-20/h7-12H,6,13H2,1-5H3. The van der Waals surface area contributed by atoms with Gasteiger partial charge in [-0.1, -0.05) is 12.1 Å². The fraction of sp³-hybridized carbons (Fsp3) is 0.333. The van der Waals surface area contributed by atoms with E-state index >= 15 is 0 Å². The molecule has 140 valence electrons. The third-order valence-electron chi connectivity index (χ3n) is 4.63. The summed E-state index contributed by atoms with van der Waals surface area (Å²) >= 11 is 0. The second kappa shape index (κ2) is 7.70. The first-order chi connectivity index (χ1) is 12.9. The highest BCUT2D eigenvalue weighted by Crippen LogP contribution is 2.18. The van der Waals surface area contributed by atoms with E-state index < -0.39 is 0 Å². The number of hydrogen-bond donors (Lipinski definition) is 0. The average Bonchev–Trinajstić information content (AvgIpc) is 3.00. The molecule has 0 aliphatic carbocycles. The molecular weight excluding hydrogens is 338 g/mol. The van der Waals surface area contributed by atoms with E-state index in [9.17, 15) is 4.79 Å². The molecule has 2 heterocycles. The van der Waals surface area contributed by atoms with Gasteiger partial charge in [0.1, 0.15) is 0 Å². The summed E-state index contributed by atoms with van der Waals surface area (Å²) in [6, 6.07) is 9.40. The Hall–Kier alpha value is -3.02. The molecule has 0 unspecified atom stereocenters. The number of aromatic nitrogens is 4. The Morgan fingerprint density at radius 3 is 2.26 bits per heavy atom. The van der Waals surface area contributed by atoms with Crippen LogP contribution in [-0.4, -0.2) is 37.6 Å². The number of nitrogens with zero attached hydrogens (tertiary/aromatic N) is 5. The smallest absolute Gasteiger partial charge is 0.253 e. The molecule has 1 aromatic carbocycles. The molecule has 6 nitrogen and oxygen atoms in total. The molecule has 0 spiro atoms. The molecule has 2 aromatic heterocycles. The second-order valence-electron chi connectivity index (χ2n) is 6.78. The quantitative estimate of drug-likeness (QED) is 0.695. The minimum absolute atomic E-state index is 0.0217. The van der Waals surface area contributed by atoms with E-state index in [2.05, 4.69) is 22.0 Å². The number of carbonyl (C=O) groups excluding carboxylic acids is 1. The van der Waals surface area contributed by atoms with E-state index in [0.717, 1.165) is 34.8 Å². The zero-order chi connectivity index (χ0) is 19.6. The summed E-state index contributed by atoms with van der Waals surface area (Å²) in [6.45, 7) is 9.35. The molecule has 0 fully saturated rings. The molecule has 0 saturated heterocycles. The van der Waals surface area contributed by atoms with Gasteiger partial charge in [0.25, 0.3) is 5.91 Å². The molecule has 3 aromatic rings. The van der Waals surface area contributed by atoms with Gasteiger partial charge in [0.2, 0.25) is 0 Å². The molecule has 0 saturated carbocycles. The summed E-state index contributed by atoms with van der Waals surface area (Å²) in [5.74, 6) is 0.661. The molecule has 6 heteroatoms. The predicted octanol–water partition coefficient (Wildman–Crippen LogP) is 3.56.